The van der Waals surface area contributed by atoms with E-state index in [2.05, 4.69) is 46.2 Å². The van der Waals surface area contributed by atoms with Crippen LogP contribution in [0.1, 0.15) is 54.4 Å². The average Bonchev–Trinajstić information content (AvgIpc) is 2.12. The smallest absolute Gasteiger partial charge is 0.293 e. The van der Waals surface area contributed by atoms with E-state index < -0.39 is 0 Å². The third-order valence-electron chi connectivity index (χ3n) is 3.52. The lowest BCUT2D eigenvalue weighted by Crippen LogP contribution is -2.60. The lowest BCUT2D eigenvalue weighted by molar-refractivity contribution is -0.143. The van der Waals surface area contributed by atoms with Gasteiger partial charge in [-0.2, -0.15) is 0 Å². The number of hydrogen-bond acceptors (Lipinski definition) is 3. The molecule has 0 saturated carbocycles. The minimum absolute atomic E-state index is 0.0636. The predicted octanol–water partition coefficient (Wildman–Crippen LogP) is 3.39. The Labute approximate surface area is 112 Å². The SMILES string of the molecule is C=C(C)C.CN1C(C)(C)CC(OC=O)CC1(C)C. The van der Waals surface area contributed by atoms with Crippen molar-refractivity contribution in [2.24, 2.45) is 0 Å². The molecule has 0 aromatic rings. The Kier molecular flexibility index (Phi) is 6.08. The number of hydrogen-bond donors (Lipinski definition) is 0. The number of allylic oxidation sites excluding steroid dienone is 1. The molecular formula is C15H29NO2. The highest BCUT2D eigenvalue weighted by molar-refractivity contribution is 5.37. The fraction of sp³-hybridized carbons (Fsp3) is 0.800. The fourth-order valence-corrected chi connectivity index (χ4v) is 2.45. The first-order valence-electron chi connectivity index (χ1n) is 6.48. The molecule has 0 amide bonds. The summed E-state index contributed by atoms with van der Waals surface area (Å²) in [6.07, 6.45) is 1.88. The molecular weight excluding hydrogens is 226 g/mol. The van der Waals surface area contributed by atoms with E-state index in [1.807, 2.05) is 13.8 Å². The van der Waals surface area contributed by atoms with Crippen molar-refractivity contribution >= 4 is 6.47 Å². The standard InChI is InChI=1S/C11H21NO2.C4H8/c1-10(2)6-9(14-8-13)7-11(3,4)12(10)5;1-4(2)3/h8-9H,6-7H2,1-5H3;1H2,2-3H3. The molecule has 1 fully saturated rings. The maximum absolute atomic E-state index is 10.3. The maximum atomic E-state index is 10.3. The van der Waals surface area contributed by atoms with Gasteiger partial charge in [-0.25, -0.2) is 0 Å². The number of rotatable bonds is 2. The van der Waals surface area contributed by atoms with Crippen molar-refractivity contribution in [1.82, 2.24) is 4.90 Å². The normalized spacial score (nSPS) is 22.6. The molecule has 3 heteroatoms. The van der Waals surface area contributed by atoms with E-state index in [0.29, 0.717) is 6.47 Å². The minimum atomic E-state index is 0.0636. The number of carbonyl (C=O) groups is 1. The second-order valence-electron chi connectivity index (χ2n) is 6.65. The second-order valence-corrected chi connectivity index (χ2v) is 6.65. The summed E-state index contributed by atoms with van der Waals surface area (Å²) in [5.74, 6) is 0. The van der Waals surface area contributed by atoms with Crippen molar-refractivity contribution in [2.75, 3.05) is 7.05 Å². The Morgan fingerprint density at radius 3 is 1.83 bits per heavy atom. The van der Waals surface area contributed by atoms with Gasteiger partial charge >= 0.3 is 0 Å². The summed E-state index contributed by atoms with van der Waals surface area (Å²) in [6, 6.07) is 0. The molecule has 1 aliphatic heterocycles. The third kappa shape index (κ3) is 5.21. The Balaban J connectivity index is 0.000000631. The summed E-state index contributed by atoms with van der Waals surface area (Å²) >= 11 is 0. The van der Waals surface area contributed by atoms with Gasteiger partial charge in [0.2, 0.25) is 0 Å². The van der Waals surface area contributed by atoms with Crippen molar-refractivity contribution in [3.05, 3.63) is 12.2 Å². The molecule has 1 saturated heterocycles. The molecule has 1 heterocycles. The molecule has 0 radical (unpaired) electrons. The maximum Gasteiger partial charge on any atom is 0.293 e. The molecule has 3 nitrogen and oxygen atoms in total. The highest BCUT2D eigenvalue weighted by Gasteiger charge is 2.43. The van der Waals surface area contributed by atoms with E-state index in [0.717, 1.165) is 12.8 Å². The van der Waals surface area contributed by atoms with Crippen LogP contribution in [0.2, 0.25) is 0 Å². The summed E-state index contributed by atoms with van der Waals surface area (Å²) in [5, 5.41) is 0. The minimum Gasteiger partial charge on any atom is -0.464 e. The zero-order valence-corrected chi connectivity index (χ0v) is 13.0. The Hall–Kier alpha value is -0.830. The molecule has 1 aliphatic rings. The summed E-state index contributed by atoms with van der Waals surface area (Å²) < 4.78 is 5.10. The monoisotopic (exact) mass is 255 g/mol. The van der Waals surface area contributed by atoms with Gasteiger partial charge < -0.3 is 4.74 Å². The van der Waals surface area contributed by atoms with Crippen molar-refractivity contribution in [3.8, 4) is 0 Å². The number of carbonyl (C=O) groups excluding carboxylic acids is 1. The van der Waals surface area contributed by atoms with Crippen LogP contribution in [0.25, 0.3) is 0 Å². The molecule has 0 N–H and O–H groups in total. The van der Waals surface area contributed by atoms with Crippen molar-refractivity contribution in [3.63, 3.8) is 0 Å². The van der Waals surface area contributed by atoms with E-state index in [1.165, 1.54) is 5.57 Å². The quantitative estimate of drug-likeness (QED) is 0.559. The topological polar surface area (TPSA) is 29.5 Å². The summed E-state index contributed by atoms with van der Waals surface area (Å²) in [7, 11) is 2.14. The Bertz CT molecular complexity index is 273. The molecule has 0 spiro atoms. The first-order chi connectivity index (χ1) is 8.03. The van der Waals surface area contributed by atoms with Gasteiger partial charge in [-0.05, 0) is 48.6 Å². The van der Waals surface area contributed by atoms with Gasteiger partial charge in [-0.1, -0.05) is 5.57 Å². The Morgan fingerprint density at radius 2 is 1.56 bits per heavy atom. The van der Waals surface area contributed by atoms with Gasteiger partial charge in [0, 0.05) is 23.9 Å². The summed E-state index contributed by atoms with van der Waals surface area (Å²) in [6.45, 7) is 16.8. The molecule has 1 rings (SSSR count). The largest absolute Gasteiger partial charge is 0.464 e. The molecule has 18 heavy (non-hydrogen) atoms. The van der Waals surface area contributed by atoms with Crippen LogP contribution in [0.5, 0.6) is 0 Å². The summed E-state index contributed by atoms with van der Waals surface area (Å²) in [4.78, 5) is 12.7. The second kappa shape index (κ2) is 6.37. The fourth-order valence-electron chi connectivity index (χ4n) is 2.45. The molecule has 106 valence electrons. The molecule has 0 aromatic carbocycles. The number of ether oxygens (including phenoxy) is 1. The first-order valence-corrected chi connectivity index (χ1v) is 6.48. The van der Waals surface area contributed by atoms with Crippen LogP contribution >= 0.6 is 0 Å². The highest BCUT2D eigenvalue weighted by Crippen LogP contribution is 2.37. The van der Waals surface area contributed by atoms with Gasteiger partial charge in [0.25, 0.3) is 6.47 Å². The van der Waals surface area contributed by atoms with Gasteiger partial charge in [-0.3, -0.25) is 9.69 Å². The first kappa shape index (κ1) is 17.2. The number of nitrogens with zero attached hydrogens (tertiary/aromatic N) is 1. The van der Waals surface area contributed by atoms with E-state index in [1.54, 1.807) is 0 Å². The van der Waals surface area contributed by atoms with Crippen LogP contribution in [0.15, 0.2) is 12.2 Å². The number of likely N-dealkylation sites (tertiary alicyclic amines) is 1. The van der Waals surface area contributed by atoms with Crippen molar-refractivity contribution in [2.45, 2.75) is 71.6 Å². The highest BCUT2D eigenvalue weighted by atomic mass is 16.5. The van der Waals surface area contributed by atoms with E-state index in [4.69, 9.17) is 4.74 Å². The molecule has 0 aliphatic carbocycles. The van der Waals surface area contributed by atoms with Crippen LogP contribution in [0.4, 0.5) is 0 Å². The summed E-state index contributed by atoms with van der Waals surface area (Å²) in [5.41, 5.74) is 1.35. The van der Waals surface area contributed by atoms with Gasteiger partial charge in [0.15, 0.2) is 0 Å². The molecule has 0 unspecified atom stereocenters. The van der Waals surface area contributed by atoms with Gasteiger partial charge in [-0.15, -0.1) is 6.58 Å². The van der Waals surface area contributed by atoms with E-state index in [9.17, 15) is 4.79 Å². The van der Waals surface area contributed by atoms with Gasteiger partial charge in [0.1, 0.15) is 6.10 Å². The van der Waals surface area contributed by atoms with Crippen LogP contribution in [0.3, 0.4) is 0 Å². The number of piperidine rings is 1. The Morgan fingerprint density at radius 1 is 1.22 bits per heavy atom. The van der Waals surface area contributed by atoms with Crippen LogP contribution < -0.4 is 0 Å². The van der Waals surface area contributed by atoms with Crippen LogP contribution in [0, 0.1) is 0 Å². The predicted molar refractivity (Wildman–Crippen MR) is 76.6 cm³/mol. The van der Waals surface area contributed by atoms with Crippen LogP contribution in [-0.4, -0.2) is 35.6 Å². The van der Waals surface area contributed by atoms with Crippen molar-refractivity contribution in [1.29, 1.82) is 0 Å². The molecule has 0 bridgehead atoms. The zero-order valence-electron chi connectivity index (χ0n) is 13.0. The average molecular weight is 255 g/mol. The third-order valence-corrected chi connectivity index (χ3v) is 3.52. The molecule has 0 aromatic heterocycles. The lowest BCUT2D eigenvalue weighted by atomic mass is 9.79. The lowest BCUT2D eigenvalue weighted by Gasteiger charge is -2.52. The van der Waals surface area contributed by atoms with Gasteiger partial charge in [0.05, 0.1) is 0 Å². The zero-order chi connectivity index (χ0) is 14.6. The molecule has 0 atom stereocenters. The van der Waals surface area contributed by atoms with Crippen molar-refractivity contribution < 1.29 is 9.53 Å². The van der Waals surface area contributed by atoms with Crippen LogP contribution in [-0.2, 0) is 9.53 Å². The van der Waals surface area contributed by atoms with E-state index >= 15 is 0 Å². The van der Waals surface area contributed by atoms with E-state index in [-0.39, 0.29) is 17.2 Å².